The van der Waals surface area contributed by atoms with E-state index in [1.165, 1.54) is 103 Å². The molecule has 0 radical (unpaired) electrons. The minimum atomic E-state index is 1.09. The summed E-state index contributed by atoms with van der Waals surface area (Å²) in [7, 11) is 0. The maximum absolute atomic E-state index is 2.45. The summed E-state index contributed by atoms with van der Waals surface area (Å²) in [5.41, 5.74) is 18.8. The zero-order valence-electron chi connectivity index (χ0n) is 39.9. The van der Waals surface area contributed by atoms with Gasteiger partial charge < -0.3 is 9.47 Å². The van der Waals surface area contributed by atoms with Crippen LogP contribution in [0, 0.1) is 0 Å². The average molecular weight is 947 g/mol. The van der Waals surface area contributed by atoms with Gasteiger partial charge in [-0.2, -0.15) is 0 Å². The first-order valence-corrected chi connectivity index (χ1v) is 25.8. The summed E-state index contributed by atoms with van der Waals surface area (Å²) in [5.74, 6) is 0. The molecule has 14 rings (SSSR count). The summed E-state index contributed by atoms with van der Waals surface area (Å²) in [6, 6.07) is 102. The van der Waals surface area contributed by atoms with E-state index in [1.54, 1.807) is 0 Å². The third-order valence-electron chi connectivity index (χ3n) is 14.6. The Kier molecular flexibility index (Phi) is 10.4. The van der Waals surface area contributed by atoms with Crippen molar-refractivity contribution in [2.75, 3.05) is 4.90 Å². The predicted octanol–water partition coefficient (Wildman–Crippen LogP) is 20.1. The average Bonchev–Trinajstić information content (AvgIpc) is 4.02. The Morgan fingerprint density at radius 1 is 0.274 bits per heavy atom. The molecule has 0 saturated carbocycles. The van der Waals surface area contributed by atoms with E-state index in [0.29, 0.717) is 0 Å². The number of hydrogen-bond acceptors (Lipinski definition) is 2. The van der Waals surface area contributed by atoms with Crippen LogP contribution in [0.15, 0.2) is 279 Å². The van der Waals surface area contributed by atoms with Gasteiger partial charge in [0.1, 0.15) is 0 Å². The summed E-state index contributed by atoms with van der Waals surface area (Å²) >= 11 is 1.87. The van der Waals surface area contributed by atoms with Gasteiger partial charge >= 0.3 is 0 Å². The van der Waals surface area contributed by atoms with Crippen LogP contribution in [-0.2, 0) is 0 Å². The number of fused-ring (bicyclic) bond motifs is 7. The van der Waals surface area contributed by atoms with Gasteiger partial charge in [0.05, 0.1) is 11.0 Å². The van der Waals surface area contributed by atoms with Gasteiger partial charge in [0.15, 0.2) is 0 Å². The Morgan fingerprint density at radius 3 is 1.58 bits per heavy atom. The lowest BCUT2D eigenvalue weighted by Gasteiger charge is -2.26. The summed E-state index contributed by atoms with van der Waals surface area (Å²) < 4.78 is 5.07. The molecule has 3 heteroatoms. The number of anilines is 3. The molecule has 12 aromatic carbocycles. The Balaban J connectivity index is 0.829. The topological polar surface area (TPSA) is 8.17 Å². The Labute approximate surface area is 428 Å². The summed E-state index contributed by atoms with van der Waals surface area (Å²) in [5, 5.41) is 7.66. The lowest BCUT2D eigenvalue weighted by Crippen LogP contribution is -2.10. The molecule has 0 aliphatic carbocycles. The van der Waals surface area contributed by atoms with E-state index >= 15 is 0 Å². The highest BCUT2D eigenvalue weighted by Crippen LogP contribution is 2.43. The van der Waals surface area contributed by atoms with E-state index in [9.17, 15) is 0 Å². The van der Waals surface area contributed by atoms with Crippen molar-refractivity contribution in [2.24, 2.45) is 0 Å². The molecule has 0 aliphatic heterocycles. The van der Waals surface area contributed by atoms with E-state index in [0.717, 1.165) is 28.2 Å². The van der Waals surface area contributed by atoms with Crippen LogP contribution in [-0.4, -0.2) is 4.57 Å². The lowest BCUT2D eigenvalue weighted by molar-refractivity contribution is 1.19. The van der Waals surface area contributed by atoms with E-state index in [-0.39, 0.29) is 0 Å². The molecule has 342 valence electrons. The molecule has 0 amide bonds. The molecule has 2 nitrogen and oxygen atoms in total. The van der Waals surface area contributed by atoms with E-state index in [4.69, 9.17) is 0 Å². The van der Waals surface area contributed by atoms with Gasteiger partial charge in [-0.3, -0.25) is 0 Å². The summed E-state index contributed by atoms with van der Waals surface area (Å²) in [6.45, 7) is 0. The highest BCUT2D eigenvalue weighted by atomic mass is 32.1. The minimum Gasteiger partial charge on any atom is -0.310 e. The second kappa shape index (κ2) is 17.8. The Hall–Kier alpha value is -9.28. The zero-order chi connectivity index (χ0) is 48.2. The van der Waals surface area contributed by atoms with Gasteiger partial charge in [0.2, 0.25) is 0 Å². The van der Waals surface area contributed by atoms with Crippen LogP contribution in [0.4, 0.5) is 17.1 Å². The molecule has 2 heterocycles. The van der Waals surface area contributed by atoms with Crippen molar-refractivity contribution < 1.29 is 0 Å². The third kappa shape index (κ3) is 7.58. The van der Waals surface area contributed by atoms with Crippen LogP contribution in [0.5, 0.6) is 0 Å². The van der Waals surface area contributed by atoms with Crippen molar-refractivity contribution in [1.82, 2.24) is 4.57 Å². The molecule has 0 spiro atoms. The fourth-order valence-electron chi connectivity index (χ4n) is 11.1. The largest absolute Gasteiger partial charge is 0.310 e. The molecule has 73 heavy (non-hydrogen) atoms. The van der Waals surface area contributed by atoms with E-state index < -0.39 is 0 Å². The number of aromatic nitrogens is 1. The SMILES string of the molecule is c1ccc(-c2ccc(N(c3ccc(-c4ccc(-c5cccc6ccccc56)cc4)cc3)c3cccc(-c4cccc(-c5cccc6c5c5ccccc5n6-c5ccc6c(c5)sc5ccccc56)c4)c3)cc2)cc1. The van der Waals surface area contributed by atoms with Gasteiger partial charge in [0, 0.05) is 53.7 Å². The van der Waals surface area contributed by atoms with Crippen molar-refractivity contribution in [3.63, 3.8) is 0 Å². The molecule has 0 bridgehead atoms. The predicted molar refractivity (Wildman–Crippen MR) is 313 cm³/mol. The number of benzene rings is 12. The lowest BCUT2D eigenvalue weighted by atomic mass is 9.95. The van der Waals surface area contributed by atoms with Gasteiger partial charge in [-0.15, -0.1) is 11.3 Å². The standard InChI is InChI=1S/C70H46N2S/c1-2-14-47(15-3-1)49-34-38-56(39-35-49)71(57-40-36-50(37-41-57)48-30-32-52(33-31-48)61-25-12-17-51-16-4-5-22-60(51)61)58-21-11-19-54(45-58)53-18-10-20-55(44-53)62-26-13-28-67-70(62)65-24-6-8-27-66(65)72(67)59-42-43-64-63-23-7-9-29-68(63)73-69(64)46-59/h1-46H. The molecule has 14 aromatic rings. The maximum Gasteiger partial charge on any atom is 0.0547 e. The van der Waals surface area contributed by atoms with Crippen LogP contribution >= 0.6 is 11.3 Å². The normalized spacial score (nSPS) is 11.6. The second-order valence-corrected chi connectivity index (χ2v) is 19.9. The van der Waals surface area contributed by atoms with Crippen LogP contribution in [0.2, 0.25) is 0 Å². The van der Waals surface area contributed by atoms with E-state index in [2.05, 4.69) is 289 Å². The fourth-order valence-corrected chi connectivity index (χ4v) is 12.2. The summed E-state index contributed by atoms with van der Waals surface area (Å²) in [6.07, 6.45) is 0. The smallest absolute Gasteiger partial charge is 0.0547 e. The first-order chi connectivity index (χ1) is 36.2. The molecule has 2 aromatic heterocycles. The zero-order valence-corrected chi connectivity index (χ0v) is 40.7. The monoisotopic (exact) mass is 946 g/mol. The van der Waals surface area contributed by atoms with Crippen LogP contribution in [0.1, 0.15) is 0 Å². The van der Waals surface area contributed by atoms with Crippen LogP contribution in [0.3, 0.4) is 0 Å². The number of hydrogen-bond donors (Lipinski definition) is 0. The number of para-hydroxylation sites is 1. The molecule has 0 fully saturated rings. The maximum atomic E-state index is 2.45. The first kappa shape index (κ1) is 42.6. The molecule has 0 saturated heterocycles. The van der Waals surface area contributed by atoms with Crippen molar-refractivity contribution in [3.05, 3.63) is 279 Å². The second-order valence-electron chi connectivity index (χ2n) is 18.9. The molecule has 0 aliphatic rings. The fraction of sp³-hybridized carbons (Fsp3) is 0. The van der Waals surface area contributed by atoms with Crippen molar-refractivity contribution in [2.45, 2.75) is 0 Å². The number of nitrogens with zero attached hydrogens (tertiary/aromatic N) is 2. The van der Waals surface area contributed by atoms with Crippen molar-refractivity contribution in [1.29, 1.82) is 0 Å². The molecular formula is C70H46N2S. The van der Waals surface area contributed by atoms with Crippen molar-refractivity contribution in [3.8, 4) is 61.3 Å². The van der Waals surface area contributed by atoms with Crippen LogP contribution in [0.25, 0.3) is 114 Å². The summed E-state index contributed by atoms with van der Waals surface area (Å²) in [4.78, 5) is 2.38. The quantitative estimate of drug-likeness (QED) is 0.140. The Bertz CT molecular complexity index is 4350. The highest BCUT2D eigenvalue weighted by molar-refractivity contribution is 7.25. The molecular weight excluding hydrogens is 901 g/mol. The van der Waals surface area contributed by atoms with Gasteiger partial charge in [-0.1, -0.05) is 206 Å². The molecule has 0 unspecified atom stereocenters. The Morgan fingerprint density at radius 2 is 0.795 bits per heavy atom. The van der Waals surface area contributed by atoms with E-state index in [1.807, 2.05) is 11.3 Å². The van der Waals surface area contributed by atoms with Crippen LogP contribution < -0.4 is 4.90 Å². The van der Waals surface area contributed by atoms with Gasteiger partial charge in [-0.25, -0.2) is 0 Å². The molecule has 0 N–H and O–H groups in total. The van der Waals surface area contributed by atoms with Gasteiger partial charge in [-0.05, 0) is 139 Å². The number of thiophene rings is 1. The van der Waals surface area contributed by atoms with Gasteiger partial charge in [0.25, 0.3) is 0 Å². The minimum absolute atomic E-state index is 1.09. The number of rotatable bonds is 9. The van der Waals surface area contributed by atoms with Crippen molar-refractivity contribution >= 4 is 81.1 Å². The highest BCUT2D eigenvalue weighted by Gasteiger charge is 2.19. The first-order valence-electron chi connectivity index (χ1n) is 25.0. The molecule has 0 atom stereocenters. The third-order valence-corrected chi connectivity index (χ3v) is 15.7.